The van der Waals surface area contributed by atoms with Gasteiger partial charge in [-0.25, -0.2) is 4.79 Å². The van der Waals surface area contributed by atoms with E-state index in [9.17, 15) is 9.59 Å². The normalized spacial score (nSPS) is 26.1. The molecule has 0 aromatic heterocycles. The highest BCUT2D eigenvalue weighted by atomic mass is 16.6. The maximum absolute atomic E-state index is 11.0. The third-order valence-electron chi connectivity index (χ3n) is 2.25. The van der Waals surface area contributed by atoms with Crippen molar-refractivity contribution in [2.75, 3.05) is 7.11 Å². The van der Waals surface area contributed by atoms with Gasteiger partial charge in [-0.05, 0) is 19.3 Å². The zero-order valence-corrected chi connectivity index (χ0v) is 8.06. The predicted molar refractivity (Wildman–Crippen MR) is 46.8 cm³/mol. The number of esters is 1. The summed E-state index contributed by atoms with van der Waals surface area (Å²) in [4.78, 5) is 21.3. The third kappa shape index (κ3) is 2.99. The number of rotatable bonds is 4. The molecule has 1 aliphatic heterocycles. The predicted octanol–water partition coefficient (Wildman–Crippen LogP) is 0.572. The second-order valence-electron chi connectivity index (χ2n) is 3.28. The van der Waals surface area contributed by atoms with E-state index in [1.54, 1.807) is 0 Å². The fourth-order valence-corrected chi connectivity index (χ4v) is 1.51. The number of hydrogen-bond acceptors (Lipinski definition) is 4. The van der Waals surface area contributed by atoms with Crippen LogP contribution in [0.5, 0.6) is 0 Å². The Hall–Kier alpha value is -1.10. The van der Waals surface area contributed by atoms with E-state index in [-0.39, 0.29) is 18.5 Å². The second kappa shape index (κ2) is 4.95. The Bertz CT molecular complexity index is 225. The van der Waals surface area contributed by atoms with Crippen molar-refractivity contribution in [1.29, 1.82) is 0 Å². The number of ether oxygens (including phenoxy) is 2. The molecule has 0 aromatic rings. The average molecular weight is 202 g/mol. The van der Waals surface area contributed by atoms with Crippen molar-refractivity contribution in [2.45, 2.75) is 37.9 Å². The summed E-state index contributed by atoms with van der Waals surface area (Å²) in [5.74, 6) is -1.21. The van der Waals surface area contributed by atoms with Crippen molar-refractivity contribution in [2.24, 2.45) is 0 Å². The molecule has 0 saturated carbocycles. The molecular weight excluding hydrogens is 188 g/mol. The van der Waals surface area contributed by atoms with Crippen molar-refractivity contribution in [3.8, 4) is 0 Å². The summed E-state index contributed by atoms with van der Waals surface area (Å²) in [5.41, 5.74) is 0. The first-order chi connectivity index (χ1) is 6.63. The summed E-state index contributed by atoms with van der Waals surface area (Å²) in [6.07, 6.45) is 1.28. The highest BCUT2D eigenvalue weighted by Gasteiger charge is 2.31. The number of carbonyl (C=O) groups is 2. The van der Waals surface area contributed by atoms with Crippen molar-refractivity contribution in [3.05, 3.63) is 0 Å². The lowest BCUT2D eigenvalue weighted by Crippen LogP contribution is -2.22. The van der Waals surface area contributed by atoms with Crippen LogP contribution in [-0.2, 0) is 19.1 Å². The number of methoxy groups -OCH3 is 1. The molecule has 1 heterocycles. The summed E-state index contributed by atoms with van der Waals surface area (Å²) in [6.45, 7) is 0. The fourth-order valence-electron chi connectivity index (χ4n) is 1.51. The van der Waals surface area contributed by atoms with Gasteiger partial charge in [-0.3, -0.25) is 4.79 Å². The highest BCUT2D eigenvalue weighted by Crippen LogP contribution is 2.23. The molecule has 0 amide bonds. The Labute approximate surface area is 82.0 Å². The van der Waals surface area contributed by atoms with Gasteiger partial charge in [0.2, 0.25) is 0 Å². The molecule has 0 aliphatic carbocycles. The number of carboxylic acids is 1. The van der Waals surface area contributed by atoms with E-state index < -0.39 is 12.1 Å². The van der Waals surface area contributed by atoms with Crippen LogP contribution in [0.4, 0.5) is 0 Å². The zero-order chi connectivity index (χ0) is 10.6. The fraction of sp³-hybridized carbons (Fsp3) is 0.778. The Morgan fingerprint density at radius 2 is 2.21 bits per heavy atom. The minimum Gasteiger partial charge on any atom is -0.481 e. The van der Waals surface area contributed by atoms with Crippen LogP contribution >= 0.6 is 0 Å². The summed E-state index contributed by atoms with van der Waals surface area (Å²) >= 11 is 0. The van der Waals surface area contributed by atoms with Crippen LogP contribution in [0.3, 0.4) is 0 Å². The Kier molecular flexibility index (Phi) is 3.88. The van der Waals surface area contributed by atoms with E-state index in [4.69, 9.17) is 9.84 Å². The molecular formula is C9H14O5. The quantitative estimate of drug-likeness (QED) is 0.675. The van der Waals surface area contributed by atoms with Crippen molar-refractivity contribution >= 4 is 11.9 Å². The summed E-state index contributed by atoms with van der Waals surface area (Å²) in [6, 6.07) is 0. The number of aliphatic carboxylic acids is 1. The minimum atomic E-state index is -0.838. The molecule has 5 nitrogen and oxygen atoms in total. The van der Waals surface area contributed by atoms with Gasteiger partial charge in [0.1, 0.15) is 0 Å². The molecule has 0 bridgehead atoms. The average Bonchev–Trinajstić information content (AvgIpc) is 2.62. The molecule has 0 aromatic carbocycles. The molecule has 1 saturated heterocycles. The Morgan fingerprint density at radius 3 is 2.79 bits per heavy atom. The lowest BCUT2D eigenvalue weighted by molar-refractivity contribution is -0.153. The van der Waals surface area contributed by atoms with Gasteiger partial charge in [0.05, 0.1) is 13.2 Å². The van der Waals surface area contributed by atoms with Crippen LogP contribution < -0.4 is 0 Å². The lowest BCUT2D eigenvalue weighted by Gasteiger charge is -2.10. The van der Waals surface area contributed by atoms with Crippen LogP contribution in [0, 0.1) is 0 Å². The molecule has 1 fully saturated rings. The van der Waals surface area contributed by atoms with Crippen molar-refractivity contribution in [3.63, 3.8) is 0 Å². The van der Waals surface area contributed by atoms with Gasteiger partial charge in [-0.2, -0.15) is 0 Å². The second-order valence-corrected chi connectivity index (χ2v) is 3.28. The van der Waals surface area contributed by atoms with Gasteiger partial charge in [0, 0.05) is 6.42 Å². The van der Waals surface area contributed by atoms with Gasteiger partial charge in [-0.1, -0.05) is 0 Å². The first-order valence-corrected chi connectivity index (χ1v) is 4.58. The summed E-state index contributed by atoms with van der Waals surface area (Å²) in [7, 11) is 1.32. The first kappa shape index (κ1) is 11.0. The standard InChI is InChI=1S/C9H14O5/c1-13-9(12)7-4-2-6(14-7)3-5-8(10)11/h6-7H,2-5H2,1H3,(H,10,11)/t6-,7-/m0/s1. The van der Waals surface area contributed by atoms with Gasteiger partial charge >= 0.3 is 11.9 Å². The molecule has 0 spiro atoms. The van der Waals surface area contributed by atoms with E-state index in [1.165, 1.54) is 7.11 Å². The van der Waals surface area contributed by atoms with E-state index in [0.717, 1.165) is 6.42 Å². The van der Waals surface area contributed by atoms with Crippen LogP contribution in [0.2, 0.25) is 0 Å². The van der Waals surface area contributed by atoms with Crippen LogP contribution in [0.25, 0.3) is 0 Å². The van der Waals surface area contributed by atoms with Crippen molar-refractivity contribution in [1.82, 2.24) is 0 Å². The molecule has 80 valence electrons. The monoisotopic (exact) mass is 202 g/mol. The minimum absolute atomic E-state index is 0.0819. The van der Waals surface area contributed by atoms with Gasteiger partial charge in [0.25, 0.3) is 0 Å². The molecule has 5 heteroatoms. The summed E-state index contributed by atoms with van der Waals surface area (Å²) < 4.78 is 9.85. The maximum atomic E-state index is 11.0. The molecule has 1 aliphatic rings. The lowest BCUT2D eigenvalue weighted by atomic mass is 10.1. The first-order valence-electron chi connectivity index (χ1n) is 4.58. The van der Waals surface area contributed by atoms with Gasteiger partial charge in [-0.15, -0.1) is 0 Å². The third-order valence-corrected chi connectivity index (χ3v) is 2.25. The SMILES string of the molecule is COC(=O)[C@@H]1CC[C@@H](CCC(=O)O)O1. The smallest absolute Gasteiger partial charge is 0.334 e. The van der Waals surface area contributed by atoms with Gasteiger partial charge in [0.15, 0.2) is 6.10 Å². The largest absolute Gasteiger partial charge is 0.481 e. The number of hydrogen-bond donors (Lipinski definition) is 1. The molecule has 2 atom stereocenters. The molecule has 0 unspecified atom stereocenters. The van der Waals surface area contributed by atoms with E-state index in [1.807, 2.05) is 0 Å². The maximum Gasteiger partial charge on any atom is 0.334 e. The van der Waals surface area contributed by atoms with Gasteiger partial charge < -0.3 is 14.6 Å². The van der Waals surface area contributed by atoms with Crippen LogP contribution in [0.15, 0.2) is 0 Å². The molecule has 1 N–H and O–H groups in total. The highest BCUT2D eigenvalue weighted by molar-refractivity contribution is 5.74. The number of carbonyl (C=O) groups excluding carboxylic acids is 1. The molecule has 1 rings (SSSR count). The van der Waals surface area contributed by atoms with E-state index in [0.29, 0.717) is 12.8 Å². The molecule has 0 radical (unpaired) electrons. The van der Waals surface area contributed by atoms with Crippen LogP contribution in [-0.4, -0.2) is 36.4 Å². The van der Waals surface area contributed by atoms with E-state index >= 15 is 0 Å². The Morgan fingerprint density at radius 1 is 1.50 bits per heavy atom. The van der Waals surface area contributed by atoms with Crippen molar-refractivity contribution < 1.29 is 24.2 Å². The van der Waals surface area contributed by atoms with Crippen LogP contribution in [0.1, 0.15) is 25.7 Å². The number of carboxylic acid groups (broad SMARTS) is 1. The summed E-state index contributed by atoms with van der Waals surface area (Å²) in [5, 5.41) is 8.45. The van der Waals surface area contributed by atoms with E-state index in [2.05, 4.69) is 4.74 Å². The Balaban J connectivity index is 2.27. The zero-order valence-electron chi connectivity index (χ0n) is 8.06. The topological polar surface area (TPSA) is 72.8 Å². The molecule has 14 heavy (non-hydrogen) atoms.